The van der Waals surface area contributed by atoms with Gasteiger partial charge in [0.25, 0.3) is 5.91 Å². The molecule has 1 amide bonds. The van der Waals surface area contributed by atoms with Crippen LogP contribution >= 0.6 is 11.3 Å². The van der Waals surface area contributed by atoms with E-state index in [2.05, 4.69) is 15.5 Å². The lowest BCUT2D eigenvalue weighted by atomic mass is 10.1. The highest BCUT2D eigenvalue weighted by molar-refractivity contribution is 7.15. The zero-order chi connectivity index (χ0) is 16.8. The van der Waals surface area contributed by atoms with Crippen molar-refractivity contribution < 1.29 is 14.3 Å². The van der Waals surface area contributed by atoms with Crippen molar-refractivity contribution in [3.63, 3.8) is 0 Å². The molecule has 8 nitrogen and oxygen atoms in total. The van der Waals surface area contributed by atoms with Crippen molar-refractivity contribution in [1.29, 1.82) is 0 Å². The summed E-state index contributed by atoms with van der Waals surface area (Å²) in [4.78, 5) is 12.3. The summed E-state index contributed by atoms with van der Waals surface area (Å²) in [6.45, 7) is 2.58. The molecule has 1 heterocycles. The SMILES string of the molecule is COc1cc(C(=O)NC(C)c2nnc(N)s2)ccc1OCCN. The number of hydrogen-bond donors (Lipinski definition) is 3. The molecule has 2 aromatic rings. The highest BCUT2D eigenvalue weighted by Gasteiger charge is 2.16. The van der Waals surface area contributed by atoms with E-state index in [-0.39, 0.29) is 11.9 Å². The minimum Gasteiger partial charge on any atom is -0.493 e. The van der Waals surface area contributed by atoms with Gasteiger partial charge in [0.15, 0.2) is 11.5 Å². The normalized spacial score (nSPS) is 11.8. The van der Waals surface area contributed by atoms with E-state index >= 15 is 0 Å². The van der Waals surface area contributed by atoms with Gasteiger partial charge in [0.1, 0.15) is 11.6 Å². The number of aromatic nitrogens is 2. The van der Waals surface area contributed by atoms with Crippen molar-refractivity contribution in [3.8, 4) is 11.5 Å². The van der Waals surface area contributed by atoms with E-state index in [0.717, 1.165) is 0 Å². The van der Waals surface area contributed by atoms with Crippen LogP contribution in [0.15, 0.2) is 18.2 Å². The van der Waals surface area contributed by atoms with Gasteiger partial charge in [-0.15, -0.1) is 10.2 Å². The lowest BCUT2D eigenvalue weighted by Crippen LogP contribution is -2.26. The molecule has 1 aromatic heterocycles. The summed E-state index contributed by atoms with van der Waals surface area (Å²) < 4.78 is 10.7. The number of anilines is 1. The molecule has 0 spiro atoms. The van der Waals surface area contributed by atoms with E-state index in [1.165, 1.54) is 18.4 Å². The molecule has 1 aromatic carbocycles. The van der Waals surface area contributed by atoms with Gasteiger partial charge in [-0.1, -0.05) is 11.3 Å². The van der Waals surface area contributed by atoms with Crippen molar-refractivity contribution in [1.82, 2.24) is 15.5 Å². The fourth-order valence-corrected chi connectivity index (χ4v) is 2.47. The van der Waals surface area contributed by atoms with Gasteiger partial charge in [0.2, 0.25) is 5.13 Å². The van der Waals surface area contributed by atoms with Gasteiger partial charge in [-0.25, -0.2) is 0 Å². The van der Waals surface area contributed by atoms with Crippen molar-refractivity contribution in [2.45, 2.75) is 13.0 Å². The van der Waals surface area contributed by atoms with Crippen LogP contribution in [0.25, 0.3) is 0 Å². The first kappa shape index (κ1) is 17.0. The first-order valence-corrected chi connectivity index (χ1v) is 7.77. The van der Waals surface area contributed by atoms with Crippen LogP contribution in [-0.4, -0.2) is 36.4 Å². The first-order chi connectivity index (χ1) is 11.0. The summed E-state index contributed by atoms with van der Waals surface area (Å²) in [5, 5.41) is 11.5. The number of nitrogens with zero attached hydrogens (tertiary/aromatic N) is 2. The maximum absolute atomic E-state index is 12.3. The van der Waals surface area contributed by atoms with E-state index in [9.17, 15) is 4.79 Å². The van der Waals surface area contributed by atoms with Gasteiger partial charge in [0, 0.05) is 12.1 Å². The molecule has 0 saturated carbocycles. The Bertz CT molecular complexity index is 676. The Morgan fingerprint density at radius 1 is 1.39 bits per heavy atom. The fourth-order valence-electron chi connectivity index (χ4n) is 1.86. The molecule has 0 saturated heterocycles. The molecule has 1 unspecified atom stereocenters. The highest BCUT2D eigenvalue weighted by atomic mass is 32.1. The number of carbonyl (C=O) groups is 1. The molecule has 0 aliphatic heterocycles. The Labute approximate surface area is 137 Å². The third-order valence-corrected chi connectivity index (χ3v) is 3.91. The number of nitrogens with two attached hydrogens (primary N) is 2. The van der Waals surface area contributed by atoms with Gasteiger partial charge in [-0.05, 0) is 25.1 Å². The summed E-state index contributed by atoms with van der Waals surface area (Å²) in [5.41, 5.74) is 11.4. The van der Waals surface area contributed by atoms with E-state index < -0.39 is 0 Å². The van der Waals surface area contributed by atoms with Crippen LogP contribution in [0.2, 0.25) is 0 Å². The van der Waals surface area contributed by atoms with Gasteiger partial charge >= 0.3 is 0 Å². The molecule has 5 N–H and O–H groups in total. The lowest BCUT2D eigenvalue weighted by molar-refractivity contribution is 0.0939. The van der Waals surface area contributed by atoms with Crippen LogP contribution in [0.3, 0.4) is 0 Å². The van der Waals surface area contributed by atoms with E-state index in [1.807, 2.05) is 6.92 Å². The summed E-state index contributed by atoms with van der Waals surface area (Å²) in [6, 6.07) is 4.65. The molecular weight excluding hydrogens is 318 g/mol. The molecular formula is C14H19N5O3S. The summed E-state index contributed by atoms with van der Waals surface area (Å²) in [7, 11) is 1.51. The lowest BCUT2D eigenvalue weighted by Gasteiger charge is -2.13. The van der Waals surface area contributed by atoms with Crippen molar-refractivity contribution in [3.05, 3.63) is 28.8 Å². The topological polar surface area (TPSA) is 125 Å². The number of nitrogens with one attached hydrogen (secondary N) is 1. The number of nitrogen functional groups attached to an aromatic ring is 1. The van der Waals surface area contributed by atoms with Crippen LogP contribution in [0.4, 0.5) is 5.13 Å². The average Bonchev–Trinajstić information content (AvgIpc) is 2.99. The second-order valence-electron chi connectivity index (χ2n) is 4.68. The number of carbonyl (C=O) groups excluding carboxylic acids is 1. The monoisotopic (exact) mass is 337 g/mol. The molecule has 2 rings (SSSR count). The van der Waals surface area contributed by atoms with Gasteiger partial charge in [-0.3, -0.25) is 4.79 Å². The summed E-state index contributed by atoms with van der Waals surface area (Å²) >= 11 is 1.24. The van der Waals surface area contributed by atoms with Crippen LogP contribution in [0.5, 0.6) is 11.5 Å². The largest absolute Gasteiger partial charge is 0.493 e. The van der Waals surface area contributed by atoms with Crippen LogP contribution in [0.1, 0.15) is 28.3 Å². The quantitative estimate of drug-likeness (QED) is 0.687. The molecule has 23 heavy (non-hydrogen) atoms. The molecule has 9 heteroatoms. The molecule has 0 radical (unpaired) electrons. The predicted molar refractivity (Wildman–Crippen MR) is 87.7 cm³/mol. The van der Waals surface area contributed by atoms with Gasteiger partial charge in [-0.2, -0.15) is 0 Å². The average molecular weight is 337 g/mol. The smallest absolute Gasteiger partial charge is 0.251 e. The van der Waals surface area contributed by atoms with E-state index in [1.54, 1.807) is 18.2 Å². The van der Waals surface area contributed by atoms with E-state index in [0.29, 0.717) is 40.4 Å². The Morgan fingerprint density at radius 3 is 2.78 bits per heavy atom. The summed E-state index contributed by atoms with van der Waals surface area (Å²) in [6.07, 6.45) is 0. The number of methoxy groups -OCH3 is 1. The molecule has 0 bridgehead atoms. The third-order valence-electron chi connectivity index (χ3n) is 2.98. The van der Waals surface area contributed by atoms with Crippen molar-refractivity contribution in [2.24, 2.45) is 5.73 Å². The highest BCUT2D eigenvalue weighted by Crippen LogP contribution is 2.28. The fraction of sp³-hybridized carbons (Fsp3) is 0.357. The maximum atomic E-state index is 12.3. The Balaban J connectivity index is 2.09. The number of benzene rings is 1. The number of rotatable bonds is 7. The third kappa shape index (κ3) is 4.30. The number of hydrogen-bond acceptors (Lipinski definition) is 8. The van der Waals surface area contributed by atoms with Crippen LogP contribution in [0, 0.1) is 0 Å². The molecule has 0 aliphatic carbocycles. The molecule has 0 fully saturated rings. The van der Waals surface area contributed by atoms with E-state index in [4.69, 9.17) is 20.9 Å². The van der Waals surface area contributed by atoms with Crippen LogP contribution in [-0.2, 0) is 0 Å². The maximum Gasteiger partial charge on any atom is 0.251 e. The standard InChI is InChI=1S/C14H19N5O3S/c1-8(13-18-19-14(16)23-13)17-12(20)9-3-4-10(22-6-5-15)11(7-9)21-2/h3-4,7-8H,5-6,15H2,1-2H3,(H2,16,19)(H,17,20). The predicted octanol–water partition coefficient (Wildman–Crippen LogP) is 0.957. The van der Waals surface area contributed by atoms with Crippen LogP contribution < -0.4 is 26.3 Å². The van der Waals surface area contributed by atoms with Crippen molar-refractivity contribution >= 4 is 22.4 Å². The first-order valence-electron chi connectivity index (χ1n) is 6.95. The molecule has 0 aliphatic rings. The minimum absolute atomic E-state index is 0.255. The summed E-state index contributed by atoms with van der Waals surface area (Å²) in [5.74, 6) is 0.758. The minimum atomic E-state index is -0.295. The van der Waals surface area contributed by atoms with Gasteiger partial charge < -0.3 is 26.3 Å². The zero-order valence-electron chi connectivity index (χ0n) is 12.9. The second kappa shape index (κ2) is 7.75. The van der Waals surface area contributed by atoms with Gasteiger partial charge in [0.05, 0.1) is 13.2 Å². The second-order valence-corrected chi connectivity index (χ2v) is 5.72. The Kier molecular flexibility index (Phi) is 5.72. The number of ether oxygens (including phenoxy) is 2. The Hall–Kier alpha value is -2.39. The van der Waals surface area contributed by atoms with Crippen molar-refractivity contribution in [2.75, 3.05) is 26.0 Å². The molecule has 124 valence electrons. The zero-order valence-corrected chi connectivity index (χ0v) is 13.7. The number of amides is 1. The molecule has 1 atom stereocenters. The Morgan fingerprint density at radius 2 is 2.17 bits per heavy atom.